The Morgan fingerprint density at radius 3 is 2.74 bits per heavy atom. The molecule has 1 aliphatic carbocycles. The van der Waals surface area contributed by atoms with Gasteiger partial charge in [-0.05, 0) is 30.5 Å². The molecule has 2 aromatic carbocycles. The Morgan fingerprint density at radius 2 is 1.96 bits per heavy atom. The standard InChI is InChI=1S/C17H13ClN2O3/c18-13-7-8-15(16(9-13)20(22)23)19-10-12-6-5-11-3-1-2-4-14(11)17(12)21/h1-4,7-10,19H,5-6H2. The molecule has 0 aliphatic heterocycles. The smallest absolute Gasteiger partial charge is 0.294 e. The van der Waals surface area contributed by atoms with Crippen LogP contribution in [0.2, 0.25) is 5.02 Å². The fourth-order valence-corrected chi connectivity index (χ4v) is 2.76. The van der Waals surface area contributed by atoms with Crippen LogP contribution in [0.15, 0.2) is 54.2 Å². The number of aryl methyl sites for hydroxylation is 1. The Morgan fingerprint density at radius 1 is 1.17 bits per heavy atom. The van der Waals surface area contributed by atoms with Gasteiger partial charge in [0.05, 0.1) is 4.92 Å². The third-order valence-electron chi connectivity index (χ3n) is 3.78. The Hall–Kier alpha value is -2.66. The summed E-state index contributed by atoms with van der Waals surface area (Å²) in [7, 11) is 0. The normalized spacial score (nSPS) is 15.3. The van der Waals surface area contributed by atoms with Crippen LogP contribution in [0.3, 0.4) is 0 Å². The molecule has 1 aliphatic rings. The summed E-state index contributed by atoms with van der Waals surface area (Å²) in [6, 6.07) is 11.9. The largest absolute Gasteiger partial charge is 0.356 e. The van der Waals surface area contributed by atoms with Crippen LogP contribution in [0.5, 0.6) is 0 Å². The van der Waals surface area contributed by atoms with E-state index in [2.05, 4.69) is 5.32 Å². The summed E-state index contributed by atoms with van der Waals surface area (Å²) in [6.07, 6.45) is 2.93. The number of anilines is 1. The summed E-state index contributed by atoms with van der Waals surface area (Å²) in [4.78, 5) is 23.0. The second-order valence-electron chi connectivity index (χ2n) is 5.22. The van der Waals surface area contributed by atoms with E-state index in [4.69, 9.17) is 11.6 Å². The van der Waals surface area contributed by atoms with Crippen LogP contribution in [-0.2, 0) is 6.42 Å². The quantitative estimate of drug-likeness (QED) is 0.516. The van der Waals surface area contributed by atoms with Crippen molar-refractivity contribution in [1.29, 1.82) is 0 Å². The van der Waals surface area contributed by atoms with Crippen molar-refractivity contribution in [1.82, 2.24) is 0 Å². The van der Waals surface area contributed by atoms with Gasteiger partial charge in [-0.2, -0.15) is 0 Å². The maximum atomic E-state index is 12.4. The van der Waals surface area contributed by atoms with Crippen LogP contribution in [0.4, 0.5) is 11.4 Å². The second kappa shape index (κ2) is 6.22. The fraction of sp³-hybridized carbons (Fsp3) is 0.118. The number of fused-ring (bicyclic) bond motifs is 1. The lowest BCUT2D eigenvalue weighted by Gasteiger charge is -2.17. The lowest BCUT2D eigenvalue weighted by molar-refractivity contribution is -0.383. The van der Waals surface area contributed by atoms with Crippen molar-refractivity contribution in [2.45, 2.75) is 12.8 Å². The Labute approximate surface area is 137 Å². The van der Waals surface area contributed by atoms with E-state index in [1.165, 1.54) is 12.1 Å². The number of halogens is 1. The van der Waals surface area contributed by atoms with E-state index >= 15 is 0 Å². The van der Waals surface area contributed by atoms with E-state index in [1.54, 1.807) is 18.3 Å². The highest BCUT2D eigenvalue weighted by Gasteiger charge is 2.21. The summed E-state index contributed by atoms with van der Waals surface area (Å²) in [6.45, 7) is 0. The number of rotatable bonds is 3. The molecule has 0 radical (unpaired) electrons. The van der Waals surface area contributed by atoms with Gasteiger partial charge < -0.3 is 5.32 Å². The van der Waals surface area contributed by atoms with Crippen molar-refractivity contribution >= 4 is 28.8 Å². The van der Waals surface area contributed by atoms with Gasteiger partial charge >= 0.3 is 0 Å². The van der Waals surface area contributed by atoms with Crippen LogP contribution in [0.25, 0.3) is 0 Å². The first-order valence-electron chi connectivity index (χ1n) is 7.08. The lowest BCUT2D eigenvalue weighted by Crippen LogP contribution is -2.15. The summed E-state index contributed by atoms with van der Waals surface area (Å²) in [5.74, 6) is -0.0454. The average molecular weight is 329 g/mol. The van der Waals surface area contributed by atoms with Gasteiger partial charge in [-0.1, -0.05) is 35.9 Å². The predicted octanol–water partition coefficient (Wildman–Crippen LogP) is 4.37. The maximum absolute atomic E-state index is 12.4. The fourth-order valence-electron chi connectivity index (χ4n) is 2.60. The molecule has 0 aromatic heterocycles. The average Bonchev–Trinajstić information content (AvgIpc) is 2.55. The minimum absolute atomic E-state index is 0.0454. The minimum Gasteiger partial charge on any atom is -0.356 e. The first-order chi connectivity index (χ1) is 11.1. The van der Waals surface area contributed by atoms with E-state index in [0.29, 0.717) is 23.2 Å². The van der Waals surface area contributed by atoms with Crippen LogP contribution >= 0.6 is 11.6 Å². The van der Waals surface area contributed by atoms with Crippen molar-refractivity contribution in [3.05, 3.63) is 80.5 Å². The molecule has 0 saturated carbocycles. The number of carbonyl (C=O) groups is 1. The van der Waals surface area contributed by atoms with Crippen molar-refractivity contribution < 1.29 is 9.72 Å². The van der Waals surface area contributed by atoms with Crippen LogP contribution in [0, 0.1) is 10.1 Å². The molecule has 5 nitrogen and oxygen atoms in total. The van der Waals surface area contributed by atoms with Crippen molar-refractivity contribution in [2.24, 2.45) is 0 Å². The van der Waals surface area contributed by atoms with Gasteiger partial charge in [0.1, 0.15) is 5.69 Å². The molecule has 0 bridgehead atoms. The number of hydrogen-bond acceptors (Lipinski definition) is 4. The zero-order valence-corrected chi connectivity index (χ0v) is 12.8. The summed E-state index contributed by atoms with van der Waals surface area (Å²) < 4.78 is 0. The SMILES string of the molecule is O=C1C(=CNc2ccc(Cl)cc2[N+](=O)[O-])CCc2ccccc21. The number of ketones is 1. The number of allylic oxidation sites excluding steroid dienone is 1. The third-order valence-corrected chi connectivity index (χ3v) is 4.01. The van der Waals surface area contributed by atoms with Gasteiger partial charge in [0.25, 0.3) is 5.69 Å². The molecular formula is C17H13ClN2O3. The van der Waals surface area contributed by atoms with E-state index in [9.17, 15) is 14.9 Å². The zero-order chi connectivity index (χ0) is 16.4. The summed E-state index contributed by atoms with van der Waals surface area (Å²) in [5, 5.41) is 14.2. The maximum Gasteiger partial charge on any atom is 0.294 e. The summed E-state index contributed by atoms with van der Waals surface area (Å²) in [5.41, 5.74) is 2.51. The highest BCUT2D eigenvalue weighted by atomic mass is 35.5. The van der Waals surface area contributed by atoms with Gasteiger partial charge in [-0.15, -0.1) is 0 Å². The number of nitro groups is 1. The molecule has 0 fully saturated rings. The number of carbonyl (C=O) groups excluding carboxylic acids is 1. The molecule has 1 N–H and O–H groups in total. The van der Waals surface area contributed by atoms with Gasteiger partial charge in [0, 0.05) is 28.4 Å². The number of nitro benzene ring substituents is 1. The molecule has 0 saturated heterocycles. The van der Waals surface area contributed by atoms with Crippen molar-refractivity contribution in [3.8, 4) is 0 Å². The first kappa shape index (κ1) is 15.2. The molecule has 23 heavy (non-hydrogen) atoms. The van der Waals surface area contributed by atoms with Gasteiger partial charge in [-0.3, -0.25) is 14.9 Å². The van der Waals surface area contributed by atoms with Crippen molar-refractivity contribution in [2.75, 3.05) is 5.32 Å². The van der Waals surface area contributed by atoms with E-state index in [1.807, 2.05) is 18.2 Å². The first-order valence-corrected chi connectivity index (χ1v) is 7.46. The molecular weight excluding hydrogens is 316 g/mol. The predicted molar refractivity (Wildman–Crippen MR) is 88.9 cm³/mol. The van der Waals surface area contributed by atoms with E-state index < -0.39 is 4.92 Å². The van der Waals surface area contributed by atoms with Gasteiger partial charge in [0.2, 0.25) is 0 Å². The molecule has 3 rings (SSSR count). The lowest BCUT2D eigenvalue weighted by atomic mass is 9.87. The number of hydrogen-bond donors (Lipinski definition) is 1. The second-order valence-corrected chi connectivity index (χ2v) is 5.66. The molecule has 0 heterocycles. The number of benzene rings is 2. The van der Waals surface area contributed by atoms with Crippen molar-refractivity contribution in [3.63, 3.8) is 0 Å². The molecule has 0 atom stereocenters. The Kier molecular flexibility index (Phi) is 4.12. The molecule has 2 aromatic rings. The Bertz CT molecular complexity index is 830. The number of nitrogens with zero attached hydrogens (tertiary/aromatic N) is 1. The summed E-state index contributed by atoms with van der Waals surface area (Å²) >= 11 is 5.79. The number of nitrogens with one attached hydrogen (secondary N) is 1. The van der Waals surface area contributed by atoms with Gasteiger partial charge in [0.15, 0.2) is 5.78 Å². The van der Waals surface area contributed by atoms with E-state index in [0.717, 1.165) is 12.0 Å². The highest BCUT2D eigenvalue weighted by Crippen LogP contribution is 2.29. The molecule has 0 spiro atoms. The molecule has 6 heteroatoms. The number of Topliss-reactive ketones (excluding diaryl/α,β-unsaturated/α-hetero) is 1. The monoisotopic (exact) mass is 328 g/mol. The van der Waals surface area contributed by atoms with E-state index in [-0.39, 0.29) is 16.5 Å². The molecule has 116 valence electrons. The van der Waals surface area contributed by atoms with Crippen LogP contribution in [0.1, 0.15) is 22.3 Å². The molecule has 0 amide bonds. The Balaban J connectivity index is 1.87. The van der Waals surface area contributed by atoms with Crippen LogP contribution in [-0.4, -0.2) is 10.7 Å². The molecule has 0 unspecified atom stereocenters. The zero-order valence-electron chi connectivity index (χ0n) is 12.1. The third kappa shape index (κ3) is 3.10. The van der Waals surface area contributed by atoms with Gasteiger partial charge in [-0.25, -0.2) is 0 Å². The topological polar surface area (TPSA) is 72.2 Å². The van der Waals surface area contributed by atoms with Crippen LogP contribution < -0.4 is 5.32 Å². The highest BCUT2D eigenvalue weighted by molar-refractivity contribution is 6.30. The minimum atomic E-state index is -0.509.